The topological polar surface area (TPSA) is 82.5 Å². The number of hydrogen-bond donors (Lipinski definition) is 1. The van der Waals surface area contributed by atoms with E-state index < -0.39 is 17.7 Å². The lowest BCUT2D eigenvalue weighted by atomic mass is 10.1. The Balaban J connectivity index is 1.50. The molecular formula is C19H19N3O4. The molecule has 1 N–H and O–H groups in total. The Kier molecular flexibility index (Phi) is 3.79. The molecule has 0 spiro atoms. The maximum atomic E-state index is 11.9. The zero-order valence-corrected chi connectivity index (χ0v) is 14.6. The first-order valence-corrected chi connectivity index (χ1v) is 8.51. The zero-order chi connectivity index (χ0) is 18.3. The van der Waals surface area contributed by atoms with Crippen LogP contribution in [0.3, 0.4) is 0 Å². The minimum absolute atomic E-state index is 0.165. The Hall–Kier alpha value is -3.09. The van der Waals surface area contributed by atoms with Crippen LogP contribution in [0.1, 0.15) is 26.1 Å². The molecular weight excluding hydrogens is 334 g/mol. The quantitative estimate of drug-likeness (QED) is 0.519. The molecule has 26 heavy (non-hydrogen) atoms. The van der Waals surface area contributed by atoms with Gasteiger partial charge in [0, 0.05) is 38.7 Å². The van der Waals surface area contributed by atoms with Crippen molar-refractivity contribution in [2.75, 3.05) is 5.32 Å². The normalized spacial score (nSPS) is 18.2. The predicted octanol–water partition coefficient (Wildman–Crippen LogP) is 2.63. The van der Waals surface area contributed by atoms with Gasteiger partial charge in [0.1, 0.15) is 5.82 Å². The van der Waals surface area contributed by atoms with Crippen LogP contribution in [0.15, 0.2) is 42.2 Å². The van der Waals surface area contributed by atoms with E-state index in [-0.39, 0.29) is 5.57 Å². The Morgan fingerprint density at radius 3 is 2.54 bits per heavy atom. The number of hydrogen-bond acceptors (Lipinski definition) is 6. The molecule has 0 aliphatic carbocycles. The monoisotopic (exact) mass is 353 g/mol. The van der Waals surface area contributed by atoms with Gasteiger partial charge in [-0.25, -0.2) is 14.6 Å². The summed E-state index contributed by atoms with van der Waals surface area (Å²) in [4.78, 5) is 28.3. The number of benzene rings is 1. The fourth-order valence-corrected chi connectivity index (χ4v) is 3.16. The molecule has 7 nitrogen and oxygen atoms in total. The van der Waals surface area contributed by atoms with Gasteiger partial charge in [0.15, 0.2) is 5.57 Å². The molecule has 0 atom stereocenters. The Morgan fingerprint density at radius 2 is 1.85 bits per heavy atom. The van der Waals surface area contributed by atoms with Crippen LogP contribution in [-0.2, 0) is 32.0 Å². The lowest BCUT2D eigenvalue weighted by Crippen LogP contribution is -2.42. The van der Waals surface area contributed by atoms with Crippen molar-refractivity contribution < 1.29 is 19.1 Å². The van der Waals surface area contributed by atoms with E-state index in [1.165, 1.54) is 20.0 Å². The number of fused-ring (bicyclic) bond motifs is 1. The van der Waals surface area contributed by atoms with Gasteiger partial charge in [0.25, 0.3) is 5.79 Å². The van der Waals surface area contributed by atoms with Crippen molar-refractivity contribution in [2.45, 2.75) is 39.0 Å². The fraction of sp³-hybridized carbons (Fsp3) is 0.316. The number of nitrogens with one attached hydrogen (secondary N) is 1. The molecule has 1 aromatic heterocycles. The van der Waals surface area contributed by atoms with Gasteiger partial charge in [-0.05, 0) is 24.1 Å². The first-order valence-electron chi connectivity index (χ1n) is 8.51. The fourth-order valence-electron chi connectivity index (χ4n) is 3.16. The number of esters is 2. The highest BCUT2D eigenvalue weighted by atomic mass is 16.7. The van der Waals surface area contributed by atoms with Crippen LogP contribution < -0.4 is 5.32 Å². The van der Waals surface area contributed by atoms with Crippen molar-refractivity contribution >= 4 is 17.6 Å². The number of rotatable bonds is 3. The number of nitrogens with zero attached hydrogens (tertiary/aromatic N) is 2. The third-order valence-electron chi connectivity index (χ3n) is 4.40. The highest BCUT2D eigenvalue weighted by Gasteiger charge is 2.38. The second-order valence-corrected chi connectivity index (χ2v) is 6.77. The van der Waals surface area contributed by atoms with Crippen LogP contribution in [0.25, 0.3) is 11.3 Å². The molecule has 1 fully saturated rings. The summed E-state index contributed by atoms with van der Waals surface area (Å²) < 4.78 is 12.3. The van der Waals surface area contributed by atoms with E-state index in [2.05, 4.69) is 14.9 Å². The Morgan fingerprint density at radius 1 is 1.15 bits per heavy atom. The number of anilines is 1. The van der Waals surface area contributed by atoms with Crippen molar-refractivity contribution in [3.63, 3.8) is 0 Å². The number of aryl methyl sites for hydroxylation is 1. The first kappa shape index (κ1) is 16.4. The van der Waals surface area contributed by atoms with Crippen molar-refractivity contribution in [1.29, 1.82) is 0 Å². The molecule has 1 aromatic carbocycles. The second-order valence-electron chi connectivity index (χ2n) is 6.77. The molecule has 3 heterocycles. The number of carbonyl (C=O) groups is 2. The summed E-state index contributed by atoms with van der Waals surface area (Å²) in [5.74, 6) is -1.52. The highest BCUT2D eigenvalue weighted by Crippen LogP contribution is 2.27. The van der Waals surface area contributed by atoms with Gasteiger partial charge in [-0.1, -0.05) is 12.1 Å². The smallest absolute Gasteiger partial charge is 0.350 e. The maximum Gasteiger partial charge on any atom is 0.350 e. The van der Waals surface area contributed by atoms with Crippen LogP contribution in [0.2, 0.25) is 0 Å². The number of cyclic esters (lactones) is 2. The number of ether oxygens (including phenoxy) is 2. The zero-order valence-electron chi connectivity index (χ0n) is 14.6. The van der Waals surface area contributed by atoms with E-state index in [1.54, 1.807) is 0 Å². The molecule has 2 aliphatic heterocycles. The lowest BCUT2D eigenvalue weighted by molar-refractivity contribution is -0.222. The third kappa shape index (κ3) is 2.96. The molecule has 134 valence electrons. The third-order valence-corrected chi connectivity index (χ3v) is 4.40. The average Bonchev–Trinajstić information content (AvgIpc) is 3.17. The van der Waals surface area contributed by atoms with Gasteiger partial charge >= 0.3 is 11.9 Å². The minimum atomic E-state index is -1.24. The van der Waals surface area contributed by atoms with Gasteiger partial charge in [-0.2, -0.15) is 0 Å². The van der Waals surface area contributed by atoms with E-state index in [0.29, 0.717) is 0 Å². The van der Waals surface area contributed by atoms with Crippen molar-refractivity contribution in [1.82, 2.24) is 9.55 Å². The summed E-state index contributed by atoms with van der Waals surface area (Å²) in [7, 11) is 0. The van der Waals surface area contributed by atoms with Crippen LogP contribution >= 0.6 is 0 Å². The second kappa shape index (κ2) is 6.01. The maximum absolute atomic E-state index is 11.9. The van der Waals surface area contributed by atoms with Crippen LogP contribution in [0.5, 0.6) is 0 Å². The number of carbonyl (C=O) groups excluding carboxylic acids is 2. The molecule has 0 saturated carbocycles. The summed E-state index contributed by atoms with van der Waals surface area (Å²) in [5, 5.41) is 2.94. The average molecular weight is 353 g/mol. The molecule has 4 rings (SSSR count). The van der Waals surface area contributed by atoms with Crippen molar-refractivity contribution in [3.8, 4) is 11.3 Å². The van der Waals surface area contributed by atoms with Gasteiger partial charge in [-0.3, -0.25) is 0 Å². The van der Waals surface area contributed by atoms with Crippen LogP contribution in [-0.4, -0.2) is 27.3 Å². The molecule has 0 amide bonds. The predicted molar refractivity (Wildman–Crippen MR) is 94.0 cm³/mol. The molecule has 0 unspecified atom stereocenters. The van der Waals surface area contributed by atoms with E-state index in [9.17, 15) is 9.59 Å². The first-order chi connectivity index (χ1) is 12.4. The molecule has 2 aliphatic rings. The minimum Gasteiger partial charge on any atom is -0.419 e. The lowest BCUT2D eigenvalue weighted by Gasteiger charge is -2.29. The number of imidazole rings is 1. The summed E-state index contributed by atoms with van der Waals surface area (Å²) in [6, 6.07) is 7.71. The summed E-state index contributed by atoms with van der Waals surface area (Å²) in [5.41, 5.74) is 2.75. The highest BCUT2D eigenvalue weighted by molar-refractivity contribution is 6.15. The molecule has 0 bridgehead atoms. The van der Waals surface area contributed by atoms with Crippen LogP contribution in [0, 0.1) is 0 Å². The van der Waals surface area contributed by atoms with Gasteiger partial charge in [0.05, 0.1) is 11.9 Å². The molecule has 1 saturated heterocycles. The molecule has 0 radical (unpaired) electrons. The largest absolute Gasteiger partial charge is 0.419 e. The molecule has 2 aromatic rings. The van der Waals surface area contributed by atoms with Gasteiger partial charge < -0.3 is 19.4 Å². The van der Waals surface area contributed by atoms with Crippen LogP contribution in [0.4, 0.5) is 5.69 Å². The van der Waals surface area contributed by atoms with E-state index >= 15 is 0 Å². The van der Waals surface area contributed by atoms with Crippen molar-refractivity contribution in [2.24, 2.45) is 0 Å². The summed E-state index contributed by atoms with van der Waals surface area (Å²) >= 11 is 0. The summed E-state index contributed by atoms with van der Waals surface area (Å²) in [6.07, 6.45) is 5.36. The standard InChI is InChI=1S/C19H19N3O4/c1-19(2)25-17(23)14(18(24)26-19)10-20-13-7-5-12(6-8-13)15-11-21-16-4-3-9-22(15)16/h5-8,10-11,20H,3-4,9H2,1-2H3. The van der Waals surface area contributed by atoms with E-state index in [0.717, 1.165) is 42.2 Å². The number of aromatic nitrogens is 2. The van der Waals surface area contributed by atoms with Crippen molar-refractivity contribution in [3.05, 3.63) is 48.1 Å². The van der Waals surface area contributed by atoms with Gasteiger partial charge in [-0.15, -0.1) is 0 Å². The Labute approximate surface area is 150 Å². The van der Waals surface area contributed by atoms with Gasteiger partial charge in [0.2, 0.25) is 0 Å². The van der Waals surface area contributed by atoms with E-state index in [1.807, 2.05) is 30.5 Å². The summed E-state index contributed by atoms with van der Waals surface area (Å²) in [6.45, 7) is 4.02. The molecule has 7 heteroatoms. The SMILES string of the molecule is CC1(C)OC(=O)C(=CNc2ccc(-c3cnc4n3CCC4)cc2)C(=O)O1. The Bertz CT molecular complexity index is 887. The van der Waals surface area contributed by atoms with E-state index in [4.69, 9.17) is 9.47 Å².